The van der Waals surface area contributed by atoms with Gasteiger partial charge in [0.2, 0.25) is 11.8 Å². The molecule has 3 aliphatic rings. The number of hydrogen-bond acceptors (Lipinski definition) is 14. The first-order valence-electron chi connectivity index (χ1n) is 12.4. The predicted octanol–water partition coefficient (Wildman–Crippen LogP) is 2.11. The maximum absolute atomic E-state index is 13.4. The number of anilines is 1. The van der Waals surface area contributed by atoms with Crippen molar-refractivity contribution >= 4 is 55.1 Å². The summed E-state index contributed by atoms with van der Waals surface area (Å²) in [6.45, 7) is -8.74. The Morgan fingerprint density at radius 3 is 2.68 bits per heavy atom. The molecule has 1 saturated carbocycles. The molecule has 3 aromatic heterocycles. The van der Waals surface area contributed by atoms with Crippen LogP contribution >= 0.6 is 38.1 Å². The topological polar surface area (TPSA) is 212 Å². The van der Waals surface area contributed by atoms with E-state index in [2.05, 4.69) is 44.4 Å². The molecule has 3 fully saturated rings. The van der Waals surface area contributed by atoms with Gasteiger partial charge in [0.1, 0.15) is 30.7 Å². The Morgan fingerprint density at radius 2 is 1.90 bits per heavy atom. The lowest BCUT2D eigenvalue weighted by molar-refractivity contribution is -0.0485. The normalized spacial score (nSPS) is 38.1. The van der Waals surface area contributed by atoms with Gasteiger partial charge in [0.05, 0.1) is 24.7 Å². The van der Waals surface area contributed by atoms with Gasteiger partial charge in [-0.15, -0.1) is 0 Å². The highest BCUT2D eigenvalue weighted by molar-refractivity contribution is 8.44. The van der Waals surface area contributed by atoms with Gasteiger partial charge in [0.15, 0.2) is 11.9 Å². The number of rotatable bonds is 3. The third-order valence-electron chi connectivity index (χ3n) is 6.99. The minimum absolute atomic E-state index is 0.126. The lowest BCUT2D eigenvalue weighted by atomic mass is 10.1. The molecule has 2 aliphatic heterocycles. The van der Waals surface area contributed by atoms with Gasteiger partial charge >= 0.3 is 13.6 Å². The van der Waals surface area contributed by atoms with Crippen molar-refractivity contribution in [1.29, 1.82) is 0 Å². The van der Waals surface area contributed by atoms with E-state index in [0.29, 0.717) is 12.3 Å². The third kappa shape index (κ3) is 6.22. The highest BCUT2D eigenvalue weighted by Gasteiger charge is 2.51. The maximum Gasteiger partial charge on any atom is 0.386 e. The molecular formula is C21H26N6O10P2S2. The average Bonchev–Trinajstić information content (AvgIpc) is 3.57. The van der Waals surface area contributed by atoms with Crippen LogP contribution in [0.2, 0.25) is 0 Å². The van der Waals surface area contributed by atoms with Crippen LogP contribution in [0.25, 0.3) is 11.0 Å². The summed E-state index contributed by atoms with van der Waals surface area (Å²) in [4.78, 5) is 26.8. The van der Waals surface area contributed by atoms with E-state index < -0.39 is 68.4 Å². The van der Waals surface area contributed by atoms with E-state index in [1.165, 1.54) is 29.4 Å². The molecule has 0 amide bonds. The van der Waals surface area contributed by atoms with E-state index >= 15 is 0 Å². The molecule has 16 nitrogen and oxygen atoms in total. The number of aromatic nitrogens is 5. The molecule has 0 unspecified atom stereocenters. The van der Waals surface area contributed by atoms with Gasteiger partial charge in [-0.25, -0.2) is 19.1 Å². The number of fused-ring (bicyclic) bond motifs is 4. The maximum atomic E-state index is 13.4. The van der Waals surface area contributed by atoms with E-state index in [4.69, 9.17) is 33.3 Å². The molecule has 0 spiro atoms. The number of thiol groups is 2. The zero-order valence-electron chi connectivity index (χ0n) is 21.0. The SMILES string of the molecule is Nc1nc2c(ccn2[C@@H]2O[C@@H]3CO[P@](=O)(S)O[C@H]4C[C@H](Oc5ccncn5)C[C@@H]4CO[P@@](=O)(S)O[C@@H]2[C@@H]3O)c(=O)[nH]1. The summed E-state index contributed by atoms with van der Waals surface area (Å²) in [6, 6.07) is 3.07. The van der Waals surface area contributed by atoms with Crippen molar-refractivity contribution in [3.05, 3.63) is 41.2 Å². The van der Waals surface area contributed by atoms with Gasteiger partial charge in [0.25, 0.3) is 5.56 Å². The van der Waals surface area contributed by atoms with Gasteiger partial charge in [-0.05, 0) is 12.5 Å². The van der Waals surface area contributed by atoms with Crippen LogP contribution in [0.15, 0.2) is 35.6 Å². The number of aliphatic hydroxyl groups excluding tert-OH is 1. The highest BCUT2D eigenvalue weighted by atomic mass is 32.7. The number of nitrogens with one attached hydrogen (secondary N) is 1. The summed E-state index contributed by atoms with van der Waals surface area (Å²) in [7, 11) is 0. The van der Waals surface area contributed by atoms with Crippen LogP contribution in [0.3, 0.4) is 0 Å². The third-order valence-corrected chi connectivity index (χ3v) is 10.2. The summed E-state index contributed by atoms with van der Waals surface area (Å²) in [5.74, 6) is -0.264. The zero-order chi connectivity index (χ0) is 28.9. The molecule has 0 aromatic carbocycles. The summed E-state index contributed by atoms with van der Waals surface area (Å²) < 4.78 is 62.6. The zero-order valence-corrected chi connectivity index (χ0v) is 24.6. The first-order valence-corrected chi connectivity index (χ1v) is 17.8. The highest BCUT2D eigenvalue weighted by Crippen LogP contribution is 2.60. The van der Waals surface area contributed by atoms with Gasteiger partial charge < -0.3 is 29.4 Å². The lowest BCUT2D eigenvalue weighted by Crippen LogP contribution is -2.35. The first-order chi connectivity index (χ1) is 19.5. The van der Waals surface area contributed by atoms with E-state index in [9.17, 15) is 19.0 Å². The molecule has 9 atom stereocenters. The van der Waals surface area contributed by atoms with Crippen LogP contribution in [0, 0.1) is 5.92 Å². The summed E-state index contributed by atoms with van der Waals surface area (Å²) in [5.41, 5.74) is 5.36. The Labute approximate surface area is 242 Å². The fourth-order valence-corrected chi connectivity index (χ4v) is 8.22. The van der Waals surface area contributed by atoms with E-state index in [1.54, 1.807) is 6.07 Å². The van der Waals surface area contributed by atoms with Crippen molar-refractivity contribution in [3.8, 4) is 5.88 Å². The van der Waals surface area contributed by atoms with Crippen molar-refractivity contribution < 1.29 is 41.8 Å². The summed E-state index contributed by atoms with van der Waals surface area (Å²) in [6.07, 6.45) is -1.22. The summed E-state index contributed by atoms with van der Waals surface area (Å²) >= 11 is 8.27. The molecule has 5 heterocycles. The van der Waals surface area contributed by atoms with Crippen molar-refractivity contribution in [2.45, 2.75) is 49.6 Å². The van der Waals surface area contributed by atoms with Crippen LogP contribution in [0.1, 0.15) is 19.1 Å². The van der Waals surface area contributed by atoms with Crippen LogP contribution in [-0.2, 0) is 32.0 Å². The number of nitrogens with zero attached hydrogens (tertiary/aromatic N) is 4. The molecule has 4 N–H and O–H groups in total. The molecule has 41 heavy (non-hydrogen) atoms. The minimum Gasteiger partial charge on any atom is -0.474 e. The van der Waals surface area contributed by atoms with Crippen molar-refractivity contribution in [2.75, 3.05) is 18.9 Å². The lowest BCUT2D eigenvalue weighted by Gasteiger charge is -2.26. The van der Waals surface area contributed by atoms with Crippen LogP contribution in [0.4, 0.5) is 5.95 Å². The Kier molecular flexibility index (Phi) is 8.00. The second-order valence-electron chi connectivity index (χ2n) is 9.73. The molecule has 6 rings (SSSR count). The van der Waals surface area contributed by atoms with Crippen LogP contribution < -0.4 is 16.0 Å². The number of nitrogen functional groups attached to an aromatic ring is 1. The standard InChI is InChI=1S/C21H26N6O10P2S2/c22-21-25-18-12(19(29)26-21)2-4-27(18)20-17-16(28)14(35-20)8-33-38(30,40)36-13-6-11(34-15-1-3-23-9-24-15)5-10(13)7-32-39(31,41)37-17/h1-4,9-11,13-14,16-17,20,28H,5-8H2,(H,30,40)(H,31,41)(H3,22,25,26,29)/t10-,11-,13+,14-,16-,17-,20-,38+,39-/m1/s1. The first kappa shape index (κ1) is 29.1. The number of H-pyrrole nitrogens is 1. The predicted molar refractivity (Wildman–Crippen MR) is 149 cm³/mol. The van der Waals surface area contributed by atoms with Gasteiger partial charge in [-0.1, -0.05) is 24.5 Å². The smallest absolute Gasteiger partial charge is 0.386 e. The van der Waals surface area contributed by atoms with E-state index in [-0.39, 0.29) is 30.0 Å². The number of hydrogen-bond donors (Lipinski definition) is 5. The van der Waals surface area contributed by atoms with Crippen molar-refractivity contribution in [1.82, 2.24) is 24.5 Å². The molecule has 2 bridgehead atoms. The van der Waals surface area contributed by atoms with Gasteiger partial charge in [0, 0.05) is 30.8 Å². The van der Waals surface area contributed by atoms with Gasteiger partial charge in [-0.2, -0.15) is 4.98 Å². The molecule has 222 valence electrons. The number of ether oxygens (including phenoxy) is 2. The number of aliphatic hydroxyl groups is 1. The Balaban J connectivity index is 1.28. The molecule has 1 aliphatic carbocycles. The average molecular weight is 649 g/mol. The summed E-state index contributed by atoms with van der Waals surface area (Å²) in [5, 5.41) is 11.3. The molecule has 3 aromatic rings. The Bertz CT molecular complexity index is 1580. The van der Waals surface area contributed by atoms with Crippen LogP contribution in [-0.4, -0.2) is 73.3 Å². The van der Waals surface area contributed by atoms with E-state index in [1.807, 2.05) is 0 Å². The van der Waals surface area contributed by atoms with Crippen LogP contribution in [0.5, 0.6) is 5.88 Å². The van der Waals surface area contributed by atoms with Gasteiger partial charge in [-0.3, -0.25) is 23.3 Å². The van der Waals surface area contributed by atoms with Crippen molar-refractivity contribution in [2.24, 2.45) is 5.92 Å². The Hall–Kier alpha value is -1.98. The molecular weight excluding hydrogens is 622 g/mol. The number of aromatic amines is 1. The minimum atomic E-state index is -4.14. The quantitative estimate of drug-likeness (QED) is 0.203. The van der Waals surface area contributed by atoms with E-state index in [0.717, 1.165) is 0 Å². The Morgan fingerprint density at radius 1 is 1.12 bits per heavy atom. The molecule has 20 heteroatoms. The second kappa shape index (κ2) is 11.3. The van der Waals surface area contributed by atoms with Crippen molar-refractivity contribution in [3.63, 3.8) is 0 Å². The monoisotopic (exact) mass is 648 g/mol. The fraction of sp³-hybridized carbons (Fsp3) is 0.524. The second-order valence-corrected chi connectivity index (χ2v) is 15.5. The fourth-order valence-electron chi connectivity index (χ4n) is 5.16. The number of nitrogens with two attached hydrogens (primary N) is 1. The largest absolute Gasteiger partial charge is 0.474 e. The molecule has 0 radical (unpaired) electrons. The molecule has 2 saturated heterocycles.